The summed E-state index contributed by atoms with van der Waals surface area (Å²) in [6.07, 6.45) is 3.20. The number of phenolic OH excluding ortho intramolecular Hbond substituents is 1. The maximum absolute atomic E-state index is 14.8. The molecule has 0 saturated carbocycles. The Morgan fingerprint density at radius 3 is 2.76 bits per heavy atom. The van der Waals surface area contributed by atoms with Gasteiger partial charge in [0.15, 0.2) is 6.17 Å². The number of piperidine rings is 2. The van der Waals surface area contributed by atoms with Crippen LogP contribution >= 0.6 is 0 Å². The van der Waals surface area contributed by atoms with Gasteiger partial charge in [-0.3, -0.25) is 4.79 Å². The van der Waals surface area contributed by atoms with Gasteiger partial charge >= 0.3 is 0 Å². The Balaban J connectivity index is 1.36. The fourth-order valence-electron chi connectivity index (χ4n) is 4.66. The number of halogens is 2. The Morgan fingerprint density at radius 1 is 1.15 bits per heavy atom. The third-order valence-corrected chi connectivity index (χ3v) is 6.46. The van der Waals surface area contributed by atoms with E-state index in [2.05, 4.69) is 15.5 Å². The number of ether oxygens (including phenoxy) is 1. The minimum Gasteiger partial charge on any atom is -0.507 e. The summed E-state index contributed by atoms with van der Waals surface area (Å²) in [5.41, 5.74) is 0.573. The first-order chi connectivity index (χ1) is 15.9. The number of fused-ring (bicyclic) bond motifs is 2. The molecule has 33 heavy (non-hydrogen) atoms. The van der Waals surface area contributed by atoms with Gasteiger partial charge in [-0.25, -0.2) is 8.78 Å². The molecule has 2 saturated heterocycles. The molecule has 4 atom stereocenters. The maximum atomic E-state index is 14.8. The number of hydrogen-bond donors (Lipinski definition) is 2. The summed E-state index contributed by atoms with van der Waals surface area (Å²) in [6, 6.07) is 8.44. The molecule has 2 unspecified atom stereocenters. The van der Waals surface area contributed by atoms with Gasteiger partial charge < -0.3 is 19.7 Å². The average molecular weight is 454 g/mol. The van der Waals surface area contributed by atoms with E-state index in [0.717, 1.165) is 25.3 Å². The highest BCUT2D eigenvalue weighted by Gasteiger charge is 2.41. The maximum Gasteiger partial charge on any atom is 0.250 e. The standard InChI is InChI=1S/C24H24F2N4O3/c1-30-8-7-13(9-23(30)32)15-12-20(31)16(11-17(15)25)18-5-6-22(29-28-18)33-21-10-14-3-2-4-19(27-14)24(21)26/h5-9,11-12,14,19,21,24,27,31H,2-4,10H2,1H3/t14?,19?,21-,24+/m1/s1. The third kappa shape index (κ3) is 4.20. The second kappa shape index (κ2) is 8.55. The van der Waals surface area contributed by atoms with Crippen molar-refractivity contribution in [3.8, 4) is 34.0 Å². The summed E-state index contributed by atoms with van der Waals surface area (Å²) < 4.78 is 36.7. The highest BCUT2D eigenvalue weighted by Crippen LogP contribution is 2.35. The summed E-state index contributed by atoms with van der Waals surface area (Å²) in [5, 5.41) is 21.9. The molecular formula is C24H24F2N4O3. The topological polar surface area (TPSA) is 89.3 Å². The Hall–Kier alpha value is -3.33. The molecule has 9 heteroatoms. The lowest BCUT2D eigenvalue weighted by atomic mass is 9.84. The normalized spacial score (nSPS) is 24.5. The number of aromatic hydroxyl groups is 1. The number of nitrogens with one attached hydrogen (secondary N) is 1. The number of alkyl halides is 1. The van der Waals surface area contributed by atoms with Crippen LogP contribution in [0.5, 0.6) is 11.6 Å². The molecule has 0 radical (unpaired) electrons. The van der Waals surface area contributed by atoms with Crippen molar-refractivity contribution in [1.29, 1.82) is 0 Å². The Labute approximate surface area is 189 Å². The minimum atomic E-state index is -1.12. The smallest absolute Gasteiger partial charge is 0.250 e. The van der Waals surface area contributed by atoms with Crippen LogP contribution < -0.4 is 15.6 Å². The van der Waals surface area contributed by atoms with Gasteiger partial charge in [0.2, 0.25) is 5.88 Å². The summed E-state index contributed by atoms with van der Waals surface area (Å²) in [5.74, 6) is -0.632. The molecule has 3 aromatic rings. The predicted molar refractivity (Wildman–Crippen MR) is 118 cm³/mol. The molecule has 2 aromatic heterocycles. The fraction of sp³-hybridized carbons (Fsp3) is 0.375. The van der Waals surface area contributed by atoms with E-state index in [1.54, 1.807) is 25.2 Å². The minimum absolute atomic E-state index is 0.104. The van der Waals surface area contributed by atoms with Gasteiger partial charge in [0.05, 0.1) is 5.69 Å². The summed E-state index contributed by atoms with van der Waals surface area (Å²) in [6.45, 7) is 0. The molecule has 1 aromatic carbocycles. The molecule has 2 aliphatic heterocycles. The van der Waals surface area contributed by atoms with Crippen molar-refractivity contribution in [2.24, 2.45) is 7.05 Å². The van der Waals surface area contributed by atoms with Crippen molar-refractivity contribution in [2.45, 2.75) is 50.0 Å². The number of aryl methyl sites for hydroxylation is 1. The van der Waals surface area contributed by atoms with Crippen LogP contribution in [0.3, 0.4) is 0 Å². The van der Waals surface area contributed by atoms with E-state index < -0.39 is 18.1 Å². The average Bonchev–Trinajstić information content (AvgIpc) is 2.81. The second-order valence-corrected chi connectivity index (χ2v) is 8.71. The lowest BCUT2D eigenvalue weighted by molar-refractivity contribution is 0.00652. The van der Waals surface area contributed by atoms with Crippen molar-refractivity contribution >= 4 is 0 Å². The number of pyridine rings is 1. The Bertz CT molecular complexity index is 1230. The van der Waals surface area contributed by atoms with E-state index in [4.69, 9.17) is 4.74 Å². The number of rotatable bonds is 4. The lowest BCUT2D eigenvalue weighted by Gasteiger charge is -2.42. The van der Waals surface area contributed by atoms with E-state index in [-0.39, 0.29) is 46.1 Å². The fourth-order valence-corrected chi connectivity index (χ4v) is 4.66. The first-order valence-electron chi connectivity index (χ1n) is 11.0. The Kier molecular flexibility index (Phi) is 5.57. The molecule has 172 valence electrons. The van der Waals surface area contributed by atoms with Crippen LogP contribution in [0.25, 0.3) is 22.4 Å². The quantitative estimate of drug-likeness (QED) is 0.629. The summed E-state index contributed by atoms with van der Waals surface area (Å²) in [4.78, 5) is 11.9. The number of benzene rings is 1. The van der Waals surface area contributed by atoms with Crippen molar-refractivity contribution in [1.82, 2.24) is 20.1 Å². The number of hydrogen-bond acceptors (Lipinski definition) is 6. The zero-order chi connectivity index (χ0) is 23.1. The van der Waals surface area contributed by atoms with E-state index >= 15 is 0 Å². The van der Waals surface area contributed by atoms with Crippen LogP contribution in [0.4, 0.5) is 8.78 Å². The van der Waals surface area contributed by atoms with Gasteiger partial charge in [0, 0.05) is 55.0 Å². The molecule has 5 rings (SSSR count). The van der Waals surface area contributed by atoms with Crippen LogP contribution in [0.15, 0.2) is 47.4 Å². The van der Waals surface area contributed by atoms with Crippen LogP contribution in [-0.4, -0.2) is 44.2 Å². The lowest BCUT2D eigenvalue weighted by Crippen LogP contribution is -2.59. The number of aromatic nitrogens is 3. The highest BCUT2D eigenvalue weighted by molar-refractivity contribution is 5.74. The van der Waals surface area contributed by atoms with Crippen molar-refractivity contribution < 1.29 is 18.6 Å². The molecule has 2 fully saturated rings. The third-order valence-electron chi connectivity index (χ3n) is 6.46. The van der Waals surface area contributed by atoms with Crippen LogP contribution in [0, 0.1) is 5.82 Å². The van der Waals surface area contributed by atoms with E-state index in [0.29, 0.717) is 12.0 Å². The van der Waals surface area contributed by atoms with E-state index in [1.807, 2.05) is 0 Å². The molecule has 0 spiro atoms. The SMILES string of the molecule is Cn1ccc(-c2cc(O)c(-c3ccc(O[C@@H]4CC5CCCC(N5)[C@@H]4F)nn3)cc2F)cc1=O. The van der Waals surface area contributed by atoms with Crippen molar-refractivity contribution in [3.63, 3.8) is 0 Å². The molecule has 2 aliphatic rings. The van der Waals surface area contributed by atoms with Gasteiger partial charge in [-0.15, -0.1) is 10.2 Å². The predicted octanol–water partition coefficient (Wildman–Crippen LogP) is 3.35. The van der Waals surface area contributed by atoms with Gasteiger partial charge in [-0.1, -0.05) is 6.42 Å². The van der Waals surface area contributed by atoms with Gasteiger partial charge in [-0.2, -0.15) is 0 Å². The van der Waals surface area contributed by atoms with E-state index in [1.165, 1.54) is 22.9 Å². The molecule has 0 amide bonds. The van der Waals surface area contributed by atoms with Crippen molar-refractivity contribution in [3.05, 3.63) is 58.8 Å². The first-order valence-corrected chi connectivity index (χ1v) is 11.0. The first kappa shape index (κ1) is 21.5. The van der Waals surface area contributed by atoms with Crippen LogP contribution in [0.2, 0.25) is 0 Å². The Morgan fingerprint density at radius 2 is 2.00 bits per heavy atom. The van der Waals surface area contributed by atoms with Gasteiger partial charge in [0.1, 0.15) is 17.7 Å². The van der Waals surface area contributed by atoms with Gasteiger partial charge in [-0.05, 0) is 42.7 Å². The summed E-state index contributed by atoms with van der Waals surface area (Å²) >= 11 is 0. The largest absolute Gasteiger partial charge is 0.507 e. The zero-order valence-corrected chi connectivity index (χ0v) is 18.0. The second-order valence-electron chi connectivity index (χ2n) is 8.71. The number of phenols is 1. The summed E-state index contributed by atoms with van der Waals surface area (Å²) in [7, 11) is 1.60. The molecule has 4 heterocycles. The van der Waals surface area contributed by atoms with Crippen LogP contribution in [-0.2, 0) is 7.05 Å². The van der Waals surface area contributed by atoms with E-state index in [9.17, 15) is 18.7 Å². The molecular weight excluding hydrogens is 430 g/mol. The monoisotopic (exact) mass is 454 g/mol. The van der Waals surface area contributed by atoms with Gasteiger partial charge in [0.25, 0.3) is 5.56 Å². The number of nitrogens with zero attached hydrogens (tertiary/aromatic N) is 3. The molecule has 2 N–H and O–H groups in total. The zero-order valence-electron chi connectivity index (χ0n) is 18.0. The molecule has 0 aliphatic carbocycles. The molecule has 7 nitrogen and oxygen atoms in total. The van der Waals surface area contributed by atoms with Crippen LogP contribution in [0.1, 0.15) is 25.7 Å². The highest BCUT2D eigenvalue weighted by atomic mass is 19.1. The molecule has 2 bridgehead atoms. The van der Waals surface area contributed by atoms with Crippen molar-refractivity contribution in [2.75, 3.05) is 0 Å².